The summed E-state index contributed by atoms with van der Waals surface area (Å²) in [7, 11) is 1.76. The number of hydrogen-bond donors (Lipinski definition) is 1. The lowest BCUT2D eigenvalue weighted by Gasteiger charge is -2.43. The van der Waals surface area contributed by atoms with Crippen LogP contribution in [-0.2, 0) is 6.42 Å². The molecule has 0 radical (unpaired) electrons. The van der Waals surface area contributed by atoms with Crippen molar-refractivity contribution < 1.29 is 9.84 Å². The first-order chi connectivity index (χ1) is 17.7. The van der Waals surface area contributed by atoms with Gasteiger partial charge in [-0.2, -0.15) is 0 Å². The SMILES string of the molecule is COc1ccccc1N1CCN(CC2CCCCCCCCCCC2(O)CCc2ccccc2)CC1. The van der Waals surface area contributed by atoms with Crippen LogP contribution in [0.15, 0.2) is 54.6 Å². The van der Waals surface area contributed by atoms with E-state index in [1.807, 2.05) is 6.07 Å². The molecule has 1 aliphatic heterocycles. The van der Waals surface area contributed by atoms with Crippen LogP contribution >= 0.6 is 0 Å². The highest BCUT2D eigenvalue weighted by Gasteiger charge is 2.37. The fraction of sp³-hybridized carbons (Fsp3) is 0.625. The van der Waals surface area contributed by atoms with Crippen molar-refractivity contribution in [3.8, 4) is 5.75 Å². The van der Waals surface area contributed by atoms with Gasteiger partial charge in [0.1, 0.15) is 5.75 Å². The van der Waals surface area contributed by atoms with Gasteiger partial charge in [0.25, 0.3) is 0 Å². The van der Waals surface area contributed by atoms with Crippen LogP contribution < -0.4 is 9.64 Å². The lowest BCUT2D eigenvalue weighted by Crippen LogP contribution is -2.51. The van der Waals surface area contributed by atoms with E-state index < -0.39 is 5.60 Å². The van der Waals surface area contributed by atoms with Crippen LogP contribution in [0, 0.1) is 5.92 Å². The molecule has 1 saturated heterocycles. The minimum absolute atomic E-state index is 0.346. The average molecular weight is 493 g/mol. The van der Waals surface area contributed by atoms with E-state index in [0.29, 0.717) is 5.92 Å². The first-order valence-electron chi connectivity index (χ1n) is 14.5. The van der Waals surface area contributed by atoms with Crippen LogP contribution in [0.5, 0.6) is 5.75 Å². The van der Waals surface area contributed by atoms with Gasteiger partial charge in [0.05, 0.1) is 18.4 Å². The molecule has 1 N–H and O–H groups in total. The molecule has 36 heavy (non-hydrogen) atoms. The zero-order valence-electron chi connectivity index (χ0n) is 22.5. The Kier molecular flexibility index (Phi) is 10.5. The molecule has 0 amide bonds. The lowest BCUT2D eigenvalue weighted by molar-refractivity contribution is -0.0517. The summed E-state index contributed by atoms with van der Waals surface area (Å²) in [5.74, 6) is 1.30. The van der Waals surface area contributed by atoms with Crippen LogP contribution in [-0.4, -0.2) is 55.4 Å². The maximum absolute atomic E-state index is 12.3. The number of rotatable bonds is 7. The zero-order chi connectivity index (χ0) is 25.1. The Hall–Kier alpha value is -2.04. The molecule has 2 atom stereocenters. The summed E-state index contributed by atoms with van der Waals surface area (Å²) in [4.78, 5) is 5.08. The molecule has 4 nitrogen and oxygen atoms in total. The first kappa shape index (κ1) is 27.0. The normalized spacial score (nSPS) is 25.1. The predicted octanol–water partition coefficient (Wildman–Crippen LogP) is 6.71. The molecule has 198 valence electrons. The fourth-order valence-corrected chi connectivity index (χ4v) is 6.33. The molecule has 2 aromatic carbocycles. The minimum atomic E-state index is -0.575. The van der Waals surface area contributed by atoms with Gasteiger partial charge >= 0.3 is 0 Å². The second kappa shape index (κ2) is 14.0. The standard InChI is InChI=1S/C32H48N2O2/c1-36-31-19-13-12-18-30(31)34-25-23-33(24-26-34)27-29-17-11-6-4-2-3-5-7-14-21-32(29,35)22-20-28-15-9-8-10-16-28/h8-10,12-13,15-16,18-19,29,35H,2-7,11,14,17,20-27H2,1H3. The average Bonchev–Trinajstić information content (AvgIpc) is 2.92. The van der Waals surface area contributed by atoms with Gasteiger partial charge in [0, 0.05) is 38.6 Å². The highest BCUT2D eigenvalue weighted by Crippen LogP contribution is 2.35. The van der Waals surface area contributed by atoms with Crippen molar-refractivity contribution >= 4 is 5.69 Å². The number of aryl methyl sites for hydroxylation is 1. The van der Waals surface area contributed by atoms with Crippen molar-refractivity contribution in [2.24, 2.45) is 5.92 Å². The molecule has 2 unspecified atom stereocenters. The number of anilines is 1. The second-order valence-electron chi connectivity index (χ2n) is 11.1. The van der Waals surface area contributed by atoms with Gasteiger partial charge in [0.2, 0.25) is 0 Å². The molecule has 2 fully saturated rings. The number of piperazine rings is 1. The van der Waals surface area contributed by atoms with E-state index in [1.54, 1.807) is 7.11 Å². The molecule has 4 rings (SSSR count). The van der Waals surface area contributed by atoms with Crippen LogP contribution in [0.25, 0.3) is 0 Å². The van der Waals surface area contributed by atoms with Crippen LogP contribution in [0.3, 0.4) is 0 Å². The molecular weight excluding hydrogens is 444 g/mol. The zero-order valence-corrected chi connectivity index (χ0v) is 22.5. The quantitative estimate of drug-likeness (QED) is 0.466. The van der Waals surface area contributed by atoms with Crippen molar-refractivity contribution in [2.75, 3.05) is 44.7 Å². The number of hydrogen-bond acceptors (Lipinski definition) is 4. The Balaban J connectivity index is 1.42. The van der Waals surface area contributed by atoms with Crippen LogP contribution in [0.2, 0.25) is 0 Å². The summed E-state index contributed by atoms with van der Waals surface area (Å²) in [5, 5.41) is 12.3. The van der Waals surface area contributed by atoms with E-state index in [-0.39, 0.29) is 0 Å². The fourth-order valence-electron chi connectivity index (χ4n) is 6.33. The molecule has 1 heterocycles. The largest absolute Gasteiger partial charge is 0.495 e. The number of para-hydroxylation sites is 2. The highest BCUT2D eigenvalue weighted by molar-refractivity contribution is 5.58. The summed E-state index contributed by atoms with van der Waals surface area (Å²) in [5.41, 5.74) is 1.97. The van der Waals surface area contributed by atoms with Gasteiger partial charge in [0.15, 0.2) is 0 Å². The molecule has 1 aliphatic carbocycles. The third-order valence-electron chi connectivity index (χ3n) is 8.64. The van der Waals surface area contributed by atoms with Crippen LogP contribution in [0.4, 0.5) is 5.69 Å². The third kappa shape index (κ3) is 7.73. The summed E-state index contributed by atoms with van der Waals surface area (Å²) >= 11 is 0. The van der Waals surface area contributed by atoms with Crippen molar-refractivity contribution in [1.82, 2.24) is 4.90 Å². The molecule has 2 aliphatic rings. The number of benzene rings is 2. The molecule has 0 spiro atoms. The Bertz CT molecular complexity index is 881. The molecular formula is C32H48N2O2. The van der Waals surface area contributed by atoms with Gasteiger partial charge < -0.3 is 14.7 Å². The van der Waals surface area contributed by atoms with Crippen molar-refractivity contribution in [3.05, 3.63) is 60.2 Å². The minimum Gasteiger partial charge on any atom is -0.495 e. The highest BCUT2D eigenvalue weighted by atomic mass is 16.5. The van der Waals surface area contributed by atoms with Crippen molar-refractivity contribution in [1.29, 1.82) is 0 Å². The van der Waals surface area contributed by atoms with Gasteiger partial charge in [-0.3, -0.25) is 4.90 Å². The topological polar surface area (TPSA) is 35.9 Å². The van der Waals surface area contributed by atoms with E-state index in [4.69, 9.17) is 4.74 Å². The van der Waals surface area contributed by atoms with E-state index in [1.165, 1.54) is 56.2 Å². The molecule has 1 saturated carbocycles. The van der Waals surface area contributed by atoms with Gasteiger partial charge in [-0.25, -0.2) is 0 Å². The molecule has 2 aromatic rings. The Morgan fingerprint density at radius 2 is 1.44 bits per heavy atom. The van der Waals surface area contributed by atoms with Gasteiger partial charge in [-0.15, -0.1) is 0 Å². The van der Waals surface area contributed by atoms with E-state index in [0.717, 1.165) is 70.6 Å². The third-order valence-corrected chi connectivity index (χ3v) is 8.64. The number of methoxy groups -OCH3 is 1. The summed E-state index contributed by atoms with van der Waals surface area (Å²) < 4.78 is 5.62. The monoisotopic (exact) mass is 492 g/mol. The van der Waals surface area contributed by atoms with E-state index in [9.17, 15) is 5.11 Å². The number of aliphatic hydroxyl groups is 1. The maximum Gasteiger partial charge on any atom is 0.142 e. The maximum atomic E-state index is 12.3. The Labute approximate surface area is 219 Å². The predicted molar refractivity (Wildman–Crippen MR) is 151 cm³/mol. The summed E-state index contributed by atoms with van der Waals surface area (Å²) in [6, 6.07) is 19.1. The Morgan fingerprint density at radius 1 is 0.806 bits per heavy atom. The van der Waals surface area contributed by atoms with Gasteiger partial charge in [-0.1, -0.05) is 93.8 Å². The summed E-state index contributed by atoms with van der Waals surface area (Å²) in [6.45, 7) is 5.13. The first-order valence-corrected chi connectivity index (χ1v) is 14.5. The van der Waals surface area contributed by atoms with Crippen molar-refractivity contribution in [2.45, 2.75) is 82.7 Å². The summed E-state index contributed by atoms with van der Waals surface area (Å²) in [6.07, 6.45) is 14.4. The number of ether oxygens (including phenoxy) is 1. The van der Waals surface area contributed by atoms with Gasteiger partial charge in [-0.05, 0) is 43.4 Å². The number of nitrogens with zero attached hydrogens (tertiary/aromatic N) is 2. The van der Waals surface area contributed by atoms with Crippen molar-refractivity contribution in [3.63, 3.8) is 0 Å². The lowest BCUT2D eigenvalue weighted by atomic mass is 9.75. The molecule has 0 bridgehead atoms. The molecule has 0 aromatic heterocycles. The van der Waals surface area contributed by atoms with E-state index in [2.05, 4.69) is 58.3 Å². The molecule has 4 heteroatoms. The van der Waals surface area contributed by atoms with Crippen LogP contribution in [0.1, 0.15) is 76.2 Å². The second-order valence-corrected chi connectivity index (χ2v) is 11.1. The van der Waals surface area contributed by atoms with E-state index >= 15 is 0 Å². The smallest absolute Gasteiger partial charge is 0.142 e. The Morgan fingerprint density at radius 3 is 2.17 bits per heavy atom.